The molecule has 2 N–H and O–H groups in total. The molecule has 136 valence electrons. The summed E-state index contributed by atoms with van der Waals surface area (Å²) in [5.41, 5.74) is 8.43. The SMILES string of the molecule is COC(=O)C(N)CN1CCc2cc(OCc3ccccc3)ccc2C1=O. The first-order valence-corrected chi connectivity index (χ1v) is 8.51. The molecule has 0 bridgehead atoms. The van der Waals surface area contributed by atoms with E-state index in [2.05, 4.69) is 4.74 Å². The highest BCUT2D eigenvalue weighted by molar-refractivity contribution is 5.97. The van der Waals surface area contributed by atoms with Crippen LogP contribution in [0.2, 0.25) is 0 Å². The van der Waals surface area contributed by atoms with E-state index in [0.717, 1.165) is 16.9 Å². The number of hydrogen-bond donors (Lipinski definition) is 1. The number of benzene rings is 2. The molecule has 1 heterocycles. The minimum Gasteiger partial charge on any atom is -0.489 e. The van der Waals surface area contributed by atoms with E-state index < -0.39 is 12.0 Å². The van der Waals surface area contributed by atoms with Crippen LogP contribution in [0.25, 0.3) is 0 Å². The Balaban J connectivity index is 1.66. The standard InChI is InChI=1S/C20H22N2O4/c1-25-20(24)18(21)12-22-10-9-15-11-16(7-8-17(15)19(22)23)26-13-14-5-3-2-4-6-14/h2-8,11,18H,9-10,12-13,21H2,1H3. The summed E-state index contributed by atoms with van der Waals surface area (Å²) in [7, 11) is 1.28. The molecule has 0 fully saturated rings. The normalized spacial score (nSPS) is 14.5. The van der Waals surface area contributed by atoms with Gasteiger partial charge in [-0.1, -0.05) is 30.3 Å². The highest BCUT2D eigenvalue weighted by Gasteiger charge is 2.28. The van der Waals surface area contributed by atoms with Crippen molar-refractivity contribution >= 4 is 11.9 Å². The van der Waals surface area contributed by atoms with Gasteiger partial charge in [0.2, 0.25) is 0 Å². The summed E-state index contributed by atoms with van der Waals surface area (Å²) in [6.07, 6.45) is 0.692. The van der Waals surface area contributed by atoms with Gasteiger partial charge in [0.15, 0.2) is 0 Å². The van der Waals surface area contributed by atoms with E-state index >= 15 is 0 Å². The van der Waals surface area contributed by atoms with E-state index in [1.165, 1.54) is 7.11 Å². The number of methoxy groups -OCH3 is 1. The van der Waals surface area contributed by atoms with Crippen LogP contribution in [0, 0.1) is 0 Å². The van der Waals surface area contributed by atoms with Crippen molar-refractivity contribution in [2.24, 2.45) is 5.73 Å². The molecule has 2 aromatic rings. The lowest BCUT2D eigenvalue weighted by atomic mass is 9.98. The minimum atomic E-state index is -0.834. The molecule has 0 saturated carbocycles. The largest absolute Gasteiger partial charge is 0.489 e. The van der Waals surface area contributed by atoms with Crippen LogP contribution in [0.4, 0.5) is 0 Å². The Morgan fingerprint density at radius 3 is 2.73 bits per heavy atom. The first-order valence-electron chi connectivity index (χ1n) is 8.51. The van der Waals surface area contributed by atoms with Gasteiger partial charge in [0.1, 0.15) is 18.4 Å². The van der Waals surface area contributed by atoms with E-state index in [1.807, 2.05) is 36.4 Å². The zero-order valence-corrected chi connectivity index (χ0v) is 14.7. The topological polar surface area (TPSA) is 81.9 Å². The van der Waals surface area contributed by atoms with Crippen LogP contribution in [0.5, 0.6) is 5.75 Å². The fourth-order valence-corrected chi connectivity index (χ4v) is 2.98. The zero-order valence-electron chi connectivity index (χ0n) is 14.7. The molecule has 2 aromatic carbocycles. The zero-order chi connectivity index (χ0) is 18.5. The Hall–Kier alpha value is -2.86. The fourth-order valence-electron chi connectivity index (χ4n) is 2.98. The molecule has 0 spiro atoms. The fraction of sp³-hybridized carbons (Fsp3) is 0.300. The van der Waals surface area contributed by atoms with Crippen molar-refractivity contribution in [3.05, 3.63) is 65.2 Å². The van der Waals surface area contributed by atoms with E-state index in [4.69, 9.17) is 10.5 Å². The van der Waals surface area contributed by atoms with Crippen LogP contribution in [0.15, 0.2) is 48.5 Å². The molecule has 0 saturated heterocycles. The second-order valence-corrected chi connectivity index (χ2v) is 6.22. The van der Waals surface area contributed by atoms with Crippen molar-refractivity contribution in [3.8, 4) is 5.75 Å². The van der Waals surface area contributed by atoms with Crippen molar-refractivity contribution in [2.75, 3.05) is 20.2 Å². The lowest BCUT2D eigenvalue weighted by Crippen LogP contribution is -2.48. The molecule has 6 nitrogen and oxygen atoms in total. The monoisotopic (exact) mass is 354 g/mol. The summed E-state index contributed by atoms with van der Waals surface area (Å²) in [5.74, 6) is 0.0913. The molecular formula is C20H22N2O4. The Morgan fingerprint density at radius 1 is 1.23 bits per heavy atom. The maximum atomic E-state index is 12.6. The molecule has 0 radical (unpaired) electrons. The molecular weight excluding hydrogens is 332 g/mol. The average molecular weight is 354 g/mol. The van der Waals surface area contributed by atoms with Gasteiger partial charge in [-0.25, -0.2) is 0 Å². The second kappa shape index (κ2) is 8.01. The molecule has 26 heavy (non-hydrogen) atoms. The van der Waals surface area contributed by atoms with Gasteiger partial charge in [-0.3, -0.25) is 9.59 Å². The van der Waals surface area contributed by atoms with Gasteiger partial charge in [0.25, 0.3) is 5.91 Å². The number of nitrogens with zero attached hydrogens (tertiary/aromatic N) is 1. The third kappa shape index (κ3) is 4.03. The van der Waals surface area contributed by atoms with Gasteiger partial charge >= 0.3 is 5.97 Å². The summed E-state index contributed by atoms with van der Waals surface area (Å²) in [6.45, 7) is 1.14. The molecule has 1 aliphatic heterocycles. The third-order valence-electron chi connectivity index (χ3n) is 4.41. The van der Waals surface area contributed by atoms with Crippen LogP contribution in [-0.4, -0.2) is 43.0 Å². The molecule has 1 aliphatic rings. The molecule has 6 heteroatoms. The van der Waals surface area contributed by atoms with Gasteiger partial charge in [-0.15, -0.1) is 0 Å². The lowest BCUT2D eigenvalue weighted by Gasteiger charge is -2.30. The predicted octanol–water partition coefficient (Wildman–Crippen LogP) is 1.76. The Morgan fingerprint density at radius 2 is 2.00 bits per heavy atom. The first-order chi connectivity index (χ1) is 12.6. The number of esters is 1. The molecule has 0 aromatic heterocycles. The number of carbonyl (C=O) groups is 2. The van der Waals surface area contributed by atoms with Crippen molar-refractivity contribution in [2.45, 2.75) is 19.1 Å². The molecule has 1 unspecified atom stereocenters. The summed E-state index contributed by atoms with van der Waals surface area (Å²) in [4.78, 5) is 25.7. The number of hydrogen-bond acceptors (Lipinski definition) is 5. The van der Waals surface area contributed by atoms with Crippen LogP contribution in [0.1, 0.15) is 21.5 Å². The second-order valence-electron chi connectivity index (χ2n) is 6.22. The van der Waals surface area contributed by atoms with Gasteiger partial charge in [0.05, 0.1) is 7.11 Å². The maximum absolute atomic E-state index is 12.6. The van der Waals surface area contributed by atoms with Crippen molar-refractivity contribution in [1.82, 2.24) is 4.90 Å². The van der Waals surface area contributed by atoms with E-state index in [1.54, 1.807) is 17.0 Å². The number of nitrogens with two attached hydrogens (primary N) is 1. The Labute approximate surface area is 152 Å². The highest BCUT2D eigenvalue weighted by atomic mass is 16.5. The average Bonchev–Trinajstić information content (AvgIpc) is 2.68. The van der Waals surface area contributed by atoms with Crippen LogP contribution < -0.4 is 10.5 Å². The van der Waals surface area contributed by atoms with Gasteiger partial charge < -0.3 is 20.1 Å². The highest BCUT2D eigenvalue weighted by Crippen LogP contribution is 2.24. The van der Waals surface area contributed by atoms with Crippen LogP contribution in [0.3, 0.4) is 0 Å². The van der Waals surface area contributed by atoms with Gasteiger partial charge in [0, 0.05) is 18.7 Å². The number of carbonyl (C=O) groups excluding carboxylic acids is 2. The van der Waals surface area contributed by atoms with E-state index in [9.17, 15) is 9.59 Å². The summed E-state index contributed by atoms with van der Waals surface area (Å²) < 4.78 is 10.4. The van der Waals surface area contributed by atoms with Crippen molar-refractivity contribution in [1.29, 1.82) is 0 Å². The van der Waals surface area contributed by atoms with Crippen LogP contribution in [-0.2, 0) is 22.6 Å². The first kappa shape index (κ1) is 17.9. The van der Waals surface area contributed by atoms with Gasteiger partial charge in [-0.2, -0.15) is 0 Å². The molecule has 3 rings (SSSR count). The smallest absolute Gasteiger partial charge is 0.324 e. The third-order valence-corrected chi connectivity index (χ3v) is 4.41. The molecule has 1 atom stereocenters. The minimum absolute atomic E-state index is 0.125. The van der Waals surface area contributed by atoms with E-state index in [0.29, 0.717) is 25.1 Å². The summed E-state index contributed by atoms with van der Waals surface area (Å²) in [6, 6.07) is 14.6. The lowest BCUT2D eigenvalue weighted by molar-refractivity contribution is -0.142. The predicted molar refractivity (Wildman–Crippen MR) is 96.8 cm³/mol. The number of amides is 1. The quantitative estimate of drug-likeness (QED) is 0.800. The molecule has 0 aliphatic carbocycles. The van der Waals surface area contributed by atoms with Crippen molar-refractivity contribution < 1.29 is 19.1 Å². The Bertz CT molecular complexity index is 792. The summed E-state index contributed by atoms with van der Waals surface area (Å²) >= 11 is 0. The number of fused-ring (bicyclic) bond motifs is 1. The van der Waals surface area contributed by atoms with E-state index in [-0.39, 0.29) is 12.5 Å². The van der Waals surface area contributed by atoms with Crippen molar-refractivity contribution in [3.63, 3.8) is 0 Å². The Kier molecular flexibility index (Phi) is 5.53. The maximum Gasteiger partial charge on any atom is 0.324 e. The number of rotatable bonds is 6. The summed E-state index contributed by atoms with van der Waals surface area (Å²) in [5, 5.41) is 0. The number of ether oxygens (including phenoxy) is 2. The van der Waals surface area contributed by atoms with Crippen LogP contribution >= 0.6 is 0 Å². The molecule has 1 amide bonds. The van der Waals surface area contributed by atoms with Gasteiger partial charge in [-0.05, 0) is 35.7 Å².